The number of benzene rings is 1. The molecule has 1 aromatic rings. The van der Waals surface area contributed by atoms with Crippen LogP contribution >= 0.6 is 11.6 Å². The second-order valence-corrected chi connectivity index (χ2v) is 4.61. The number of phenols is 1. The van der Waals surface area contributed by atoms with E-state index < -0.39 is 5.91 Å². The molecule has 6 heteroatoms. The Hall–Kier alpha value is -1.75. The molecule has 0 unspecified atom stereocenters. The van der Waals surface area contributed by atoms with Gasteiger partial charge < -0.3 is 15.3 Å². The molecule has 2 amide bonds. The standard InChI is InChI=1S/C13H17ClN2O3/c1-3-6-15-12(18)8-16(2)13(19)10-7-9(14)4-5-11(10)17/h4-5,7,17H,3,6,8H2,1-2H3,(H,15,18). The van der Waals surface area contributed by atoms with E-state index in [1.165, 1.54) is 30.1 Å². The molecule has 0 saturated heterocycles. The molecule has 1 aromatic carbocycles. The van der Waals surface area contributed by atoms with E-state index in [1.54, 1.807) is 0 Å². The van der Waals surface area contributed by atoms with Crippen molar-refractivity contribution in [1.29, 1.82) is 0 Å². The molecule has 2 N–H and O–H groups in total. The second-order valence-electron chi connectivity index (χ2n) is 4.17. The number of likely N-dealkylation sites (N-methyl/N-ethyl adjacent to an activating group) is 1. The van der Waals surface area contributed by atoms with Gasteiger partial charge in [0.25, 0.3) is 5.91 Å². The summed E-state index contributed by atoms with van der Waals surface area (Å²) in [4.78, 5) is 24.8. The predicted molar refractivity (Wildman–Crippen MR) is 73.4 cm³/mol. The van der Waals surface area contributed by atoms with Crippen LogP contribution in [0.3, 0.4) is 0 Å². The van der Waals surface area contributed by atoms with Crippen molar-refractivity contribution < 1.29 is 14.7 Å². The topological polar surface area (TPSA) is 69.6 Å². The molecule has 0 heterocycles. The van der Waals surface area contributed by atoms with Gasteiger partial charge in [0.1, 0.15) is 5.75 Å². The van der Waals surface area contributed by atoms with Crippen LogP contribution in [0, 0.1) is 0 Å². The molecule has 0 aliphatic carbocycles. The third-order valence-corrected chi connectivity index (χ3v) is 2.72. The normalized spacial score (nSPS) is 10.1. The molecule has 0 spiro atoms. The van der Waals surface area contributed by atoms with Crippen LogP contribution in [0.2, 0.25) is 5.02 Å². The monoisotopic (exact) mass is 284 g/mol. The van der Waals surface area contributed by atoms with Gasteiger partial charge in [0.05, 0.1) is 12.1 Å². The zero-order valence-electron chi connectivity index (χ0n) is 10.9. The molecular formula is C13H17ClN2O3. The fraction of sp³-hybridized carbons (Fsp3) is 0.385. The number of phenolic OH excluding ortho intramolecular Hbond substituents is 1. The van der Waals surface area contributed by atoms with Crippen molar-refractivity contribution in [2.45, 2.75) is 13.3 Å². The van der Waals surface area contributed by atoms with Crippen molar-refractivity contribution in [3.8, 4) is 5.75 Å². The Kier molecular flexibility index (Phi) is 5.63. The molecule has 0 aromatic heterocycles. The lowest BCUT2D eigenvalue weighted by Crippen LogP contribution is -2.38. The van der Waals surface area contributed by atoms with Gasteiger partial charge in [0, 0.05) is 18.6 Å². The Labute approximate surface area is 117 Å². The van der Waals surface area contributed by atoms with Crippen LogP contribution in [-0.4, -0.2) is 42.0 Å². The Balaban J connectivity index is 2.71. The van der Waals surface area contributed by atoms with Gasteiger partial charge in [-0.15, -0.1) is 0 Å². The van der Waals surface area contributed by atoms with E-state index in [0.717, 1.165) is 6.42 Å². The minimum Gasteiger partial charge on any atom is -0.507 e. The van der Waals surface area contributed by atoms with Gasteiger partial charge in [0.15, 0.2) is 0 Å². The highest BCUT2D eigenvalue weighted by molar-refractivity contribution is 6.31. The Morgan fingerprint density at radius 2 is 2.11 bits per heavy atom. The summed E-state index contributed by atoms with van der Waals surface area (Å²) in [6, 6.07) is 4.21. The van der Waals surface area contributed by atoms with E-state index in [0.29, 0.717) is 11.6 Å². The number of carbonyl (C=O) groups excluding carboxylic acids is 2. The second kappa shape index (κ2) is 6.99. The quantitative estimate of drug-likeness (QED) is 0.864. The predicted octanol–water partition coefficient (Wildman–Crippen LogP) is 1.64. The van der Waals surface area contributed by atoms with E-state index in [2.05, 4.69) is 5.32 Å². The average molecular weight is 285 g/mol. The summed E-state index contributed by atoms with van der Waals surface area (Å²) >= 11 is 5.78. The first-order valence-corrected chi connectivity index (χ1v) is 6.34. The largest absolute Gasteiger partial charge is 0.507 e. The zero-order chi connectivity index (χ0) is 14.4. The Bertz CT molecular complexity index is 477. The number of halogens is 1. The third-order valence-electron chi connectivity index (χ3n) is 2.49. The molecule has 5 nitrogen and oxygen atoms in total. The van der Waals surface area contributed by atoms with Crippen LogP contribution < -0.4 is 5.32 Å². The Morgan fingerprint density at radius 3 is 2.74 bits per heavy atom. The average Bonchev–Trinajstić information content (AvgIpc) is 2.38. The van der Waals surface area contributed by atoms with Crippen LogP contribution in [0.1, 0.15) is 23.7 Å². The number of nitrogens with one attached hydrogen (secondary N) is 1. The lowest BCUT2D eigenvalue weighted by Gasteiger charge is -2.17. The summed E-state index contributed by atoms with van der Waals surface area (Å²) in [7, 11) is 1.49. The van der Waals surface area contributed by atoms with Gasteiger partial charge in [-0.25, -0.2) is 0 Å². The maximum absolute atomic E-state index is 12.1. The van der Waals surface area contributed by atoms with Crippen molar-refractivity contribution in [3.63, 3.8) is 0 Å². The van der Waals surface area contributed by atoms with Crippen molar-refractivity contribution in [1.82, 2.24) is 10.2 Å². The molecule has 0 bridgehead atoms. The molecule has 0 aliphatic rings. The van der Waals surface area contributed by atoms with Crippen molar-refractivity contribution >= 4 is 23.4 Å². The number of amides is 2. The molecule has 1 rings (SSSR count). The number of rotatable bonds is 5. The SMILES string of the molecule is CCCNC(=O)CN(C)C(=O)c1cc(Cl)ccc1O. The lowest BCUT2D eigenvalue weighted by molar-refractivity contribution is -0.121. The molecule has 0 atom stereocenters. The van der Waals surface area contributed by atoms with E-state index >= 15 is 0 Å². The van der Waals surface area contributed by atoms with Crippen LogP contribution in [0.5, 0.6) is 5.75 Å². The Morgan fingerprint density at radius 1 is 1.42 bits per heavy atom. The van der Waals surface area contributed by atoms with E-state index in [4.69, 9.17) is 11.6 Å². The fourth-order valence-electron chi connectivity index (χ4n) is 1.49. The highest BCUT2D eigenvalue weighted by atomic mass is 35.5. The van der Waals surface area contributed by atoms with Gasteiger partial charge in [0.2, 0.25) is 5.91 Å². The maximum atomic E-state index is 12.1. The van der Waals surface area contributed by atoms with Gasteiger partial charge in [-0.2, -0.15) is 0 Å². The van der Waals surface area contributed by atoms with Crippen LogP contribution in [-0.2, 0) is 4.79 Å². The number of aromatic hydroxyl groups is 1. The van der Waals surface area contributed by atoms with Gasteiger partial charge in [-0.3, -0.25) is 9.59 Å². The first-order chi connectivity index (χ1) is 8.95. The molecular weight excluding hydrogens is 268 g/mol. The van der Waals surface area contributed by atoms with Gasteiger partial charge in [-0.05, 0) is 24.6 Å². The van der Waals surface area contributed by atoms with Crippen molar-refractivity contribution in [2.75, 3.05) is 20.1 Å². The van der Waals surface area contributed by atoms with Crippen LogP contribution in [0.4, 0.5) is 0 Å². The number of hydrogen-bond donors (Lipinski definition) is 2. The van der Waals surface area contributed by atoms with Crippen LogP contribution in [0.15, 0.2) is 18.2 Å². The summed E-state index contributed by atoms with van der Waals surface area (Å²) in [5, 5.41) is 12.6. The number of hydrogen-bond acceptors (Lipinski definition) is 3. The van der Waals surface area contributed by atoms with E-state index in [9.17, 15) is 14.7 Å². The van der Waals surface area contributed by atoms with Crippen molar-refractivity contribution in [2.24, 2.45) is 0 Å². The fourth-order valence-corrected chi connectivity index (χ4v) is 1.66. The van der Waals surface area contributed by atoms with E-state index in [-0.39, 0.29) is 23.8 Å². The number of carbonyl (C=O) groups is 2. The summed E-state index contributed by atoms with van der Waals surface area (Å²) in [6.07, 6.45) is 0.832. The minimum atomic E-state index is -0.452. The minimum absolute atomic E-state index is 0.0647. The summed E-state index contributed by atoms with van der Waals surface area (Å²) < 4.78 is 0. The molecule has 0 radical (unpaired) electrons. The highest BCUT2D eigenvalue weighted by Gasteiger charge is 2.18. The first-order valence-electron chi connectivity index (χ1n) is 5.96. The lowest BCUT2D eigenvalue weighted by atomic mass is 10.2. The van der Waals surface area contributed by atoms with Crippen molar-refractivity contribution in [3.05, 3.63) is 28.8 Å². The molecule has 104 valence electrons. The summed E-state index contributed by atoms with van der Waals surface area (Å²) in [5.74, 6) is -0.846. The number of nitrogens with zero attached hydrogens (tertiary/aromatic N) is 1. The zero-order valence-corrected chi connectivity index (χ0v) is 11.7. The van der Waals surface area contributed by atoms with Crippen LogP contribution in [0.25, 0.3) is 0 Å². The summed E-state index contributed by atoms with van der Waals surface area (Å²) in [6.45, 7) is 2.45. The maximum Gasteiger partial charge on any atom is 0.257 e. The summed E-state index contributed by atoms with van der Waals surface area (Å²) in [5.41, 5.74) is 0.0818. The smallest absolute Gasteiger partial charge is 0.257 e. The van der Waals surface area contributed by atoms with E-state index in [1.807, 2.05) is 6.92 Å². The molecule has 0 saturated carbocycles. The van der Waals surface area contributed by atoms with Gasteiger partial charge >= 0.3 is 0 Å². The molecule has 0 fully saturated rings. The molecule has 0 aliphatic heterocycles. The third kappa shape index (κ3) is 4.44. The van der Waals surface area contributed by atoms with Gasteiger partial charge in [-0.1, -0.05) is 18.5 Å². The molecule has 19 heavy (non-hydrogen) atoms. The highest BCUT2D eigenvalue weighted by Crippen LogP contribution is 2.22. The first kappa shape index (κ1) is 15.3.